The molecule has 2 heterocycles. The number of benzene rings is 2. The summed E-state index contributed by atoms with van der Waals surface area (Å²) in [4.78, 5) is 18.9. The molecular formula is C23H26N4O3. The maximum atomic E-state index is 12.6. The molecule has 0 saturated carbocycles. The summed E-state index contributed by atoms with van der Waals surface area (Å²) in [6.07, 6.45) is 1.75. The Kier molecular flexibility index (Phi) is 6.27. The van der Waals surface area contributed by atoms with Crippen LogP contribution in [-0.4, -0.2) is 46.7 Å². The van der Waals surface area contributed by atoms with Gasteiger partial charge in [0.1, 0.15) is 5.75 Å². The van der Waals surface area contributed by atoms with E-state index in [4.69, 9.17) is 9.26 Å². The Balaban J connectivity index is 1.26. The number of nitrogens with zero attached hydrogens (tertiary/aromatic N) is 3. The summed E-state index contributed by atoms with van der Waals surface area (Å²) in [5.74, 6) is 1.92. The fourth-order valence-corrected chi connectivity index (χ4v) is 3.59. The van der Waals surface area contributed by atoms with Crippen LogP contribution < -0.4 is 10.1 Å². The highest BCUT2D eigenvalue weighted by Crippen LogP contribution is 2.21. The zero-order valence-corrected chi connectivity index (χ0v) is 17.1. The number of aryl methyl sites for hydroxylation is 1. The number of ether oxygens (including phenoxy) is 1. The number of anilines is 1. The second-order valence-electron chi connectivity index (χ2n) is 7.30. The summed E-state index contributed by atoms with van der Waals surface area (Å²) in [5.41, 5.74) is 1.94. The average molecular weight is 406 g/mol. The van der Waals surface area contributed by atoms with Gasteiger partial charge in [-0.25, -0.2) is 0 Å². The largest absolute Gasteiger partial charge is 0.494 e. The van der Waals surface area contributed by atoms with E-state index >= 15 is 0 Å². The van der Waals surface area contributed by atoms with Crippen LogP contribution in [0.3, 0.4) is 0 Å². The van der Waals surface area contributed by atoms with Crippen LogP contribution in [0.2, 0.25) is 0 Å². The molecule has 1 N–H and O–H groups in total. The van der Waals surface area contributed by atoms with E-state index in [-0.39, 0.29) is 11.9 Å². The molecule has 0 aliphatic carbocycles. The van der Waals surface area contributed by atoms with Crippen molar-refractivity contribution in [3.63, 3.8) is 0 Å². The van der Waals surface area contributed by atoms with Gasteiger partial charge in [-0.2, -0.15) is 4.98 Å². The van der Waals surface area contributed by atoms with Crippen molar-refractivity contribution in [3.8, 4) is 17.1 Å². The number of aromatic nitrogens is 2. The van der Waals surface area contributed by atoms with Gasteiger partial charge in [0.15, 0.2) is 0 Å². The lowest BCUT2D eigenvalue weighted by Gasteiger charge is -2.17. The molecular weight excluding hydrogens is 380 g/mol. The maximum Gasteiger partial charge on any atom is 0.227 e. The summed E-state index contributed by atoms with van der Waals surface area (Å²) in [5, 5.41) is 7.52. The first kappa shape index (κ1) is 19.9. The molecule has 0 radical (unpaired) electrons. The molecule has 1 aliphatic rings. The fourth-order valence-electron chi connectivity index (χ4n) is 3.59. The first-order chi connectivity index (χ1) is 14.7. The third-order valence-corrected chi connectivity index (χ3v) is 5.13. The molecule has 3 aromatic rings. The molecule has 0 spiro atoms. The van der Waals surface area contributed by atoms with Crippen LogP contribution in [0.5, 0.6) is 5.75 Å². The van der Waals surface area contributed by atoms with Crippen LogP contribution in [0.25, 0.3) is 11.4 Å². The third-order valence-electron chi connectivity index (χ3n) is 5.13. The van der Waals surface area contributed by atoms with Gasteiger partial charge < -0.3 is 19.5 Å². The highest BCUT2D eigenvalue weighted by atomic mass is 16.5. The van der Waals surface area contributed by atoms with Gasteiger partial charge in [-0.05, 0) is 49.7 Å². The van der Waals surface area contributed by atoms with E-state index in [1.807, 2.05) is 66.4 Å². The first-order valence-electron chi connectivity index (χ1n) is 10.4. The standard InChI is InChI=1S/C23H26N4O3/c1-2-29-20-10-8-17(9-11-20)23-25-21(30-26-23)12-13-22(28)27-15-14-19(16-27)24-18-6-4-3-5-7-18/h3-11,19,24H,2,12-16H2,1H3. The molecule has 1 amide bonds. The van der Waals surface area contributed by atoms with E-state index in [1.54, 1.807) is 0 Å². The van der Waals surface area contributed by atoms with Gasteiger partial charge >= 0.3 is 0 Å². The van der Waals surface area contributed by atoms with Crippen molar-refractivity contribution in [3.05, 3.63) is 60.5 Å². The second kappa shape index (κ2) is 9.43. The van der Waals surface area contributed by atoms with Crippen molar-refractivity contribution >= 4 is 11.6 Å². The third kappa shape index (κ3) is 4.97. The molecule has 1 aromatic heterocycles. The number of amides is 1. The number of para-hydroxylation sites is 1. The van der Waals surface area contributed by atoms with Crippen molar-refractivity contribution in [2.45, 2.75) is 32.2 Å². The number of likely N-dealkylation sites (tertiary alicyclic amines) is 1. The molecule has 7 nitrogen and oxygen atoms in total. The second-order valence-corrected chi connectivity index (χ2v) is 7.30. The number of rotatable bonds is 8. The maximum absolute atomic E-state index is 12.6. The summed E-state index contributed by atoms with van der Waals surface area (Å²) in [7, 11) is 0. The number of hydrogen-bond acceptors (Lipinski definition) is 6. The van der Waals surface area contributed by atoms with Gasteiger partial charge in [-0.3, -0.25) is 4.79 Å². The molecule has 4 rings (SSSR count). The molecule has 2 aromatic carbocycles. The summed E-state index contributed by atoms with van der Waals surface area (Å²) in [6.45, 7) is 4.06. The van der Waals surface area contributed by atoms with Crippen LogP contribution in [0.15, 0.2) is 59.1 Å². The normalized spacial score (nSPS) is 15.9. The topological polar surface area (TPSA) is 80.5 Å². The minimum Gasteiger partial charge on any atom is -0.494 e. The quantitative estimate of drug-likeness (QED) is 0.613. The predicted octanol–water partition coefficient (Wildman–Crippen LogP) is 3.78. The Labute approximate surface area is 176 Å². The van der Waals surface area contributed by atoms with Gasteiger partial charge in [0.2, 0.25) is 17.6 Å². The lowest BCUT2D eigenvalue weighted by molar-refractivity contribution is -0.130. The first-order valence-corrected chi connectivity index (χ1v) is 10.4. The van der Waals surface area contributed by atoms with Crippen molar-refractivity contribution in [1.82, 2.24) is 15.0 Å². The van der Waals surface area contributed by atoms with Gasteiger partial charge in [0.05, 0.1) is 6.61 Å². The zero-order chi connectivity index (χ0) is 20.8. The van der Waals surface area contributed by atoms with E-state index in [2.05, 4.69) is 15.5 Å². The monoisotopic (exact) mass is 406 g/mol. The minimum absolute atomic E-state index is 0.119. The number of carbonyl (C=O) groups is 1. The van der Waals surface area contributed by atoms with E-state index in [0.717, 1.165) is 36.5 Å². The van der Waals surface area contributed by atoms with E-state index in [1.165, 1.54) is 0 Å². The van der Waals surface area contributed by atoms with Crippen molar-refractivity contribution in [2.75, 3.05) is 25.0 Å². The highest BCUT2D eigenvalue weighted by Gasteiger charge is 2.26. The molecule has 1 fully saturated rings. The molecule has 1 saturated heterocycles. The lowest BCUT2D eigenvalue weighted by atomic mass is 10.2. The van der Waals surface area contributed by atoms with Gasteiger partial charge in [-0.15, -0.1) is 0 Å². The Morgan fingerprint density at radius 3 is 2.77 bits per heavy atom. The number of hydrogen-bond donors (Lipinski definition) is 1. The summed E-state index contributed by atoms with van der Waals surface area (Å²) in [6, 6.07) is 17.9. The van der Waals surface area contributed by atoms with Gasteiger partial charge in [0.25, 0.3) is 0 Å². The number of carbonyl (C=O) groups excluding carboxylic acids is 1. The fraction of sp³-hybridized carbons (Fsp3) is 0.348. The van der Waals surface area contributed by atoms with E-state index in [9.17, 15) is 4.79 Å². The molecule has 30 heavy (non-hydrogen) atoms. The Morgan fingerprint density at radius 2 is 2.00 bits per heavy atom. The minimum atomic E-state index is 0.119. The van der Waals surface area contributed by atoms with Gasteiger partial charge in [-0.1, -0.05) is 23.4 Å². The lowest BCUT2D eigenvalue weighted by Crippen LogP contribution is -2.31. The summed E-state index contributed by atoms with van der Waals surface area (Å²) < 4.78 is 10.8. The molecule has 1 atom stereocenters. The van der Waals surface area contributed by atoms with Gasteiger partial charge in [0, 0.05) is 43.2 Å². The molecule has 0 bridgehead atoms. The van der Waals surface area contributed by atoms with E-state index in [0.29, 0.717) is 31.2 Å². The smallest absolute Gasteiger partial charge is 0.227 e. The molecule has 1 unspecified atom stereocenters. The molecule has 156 valence electrons. The predicted molar refractivity (Wildman–Crippen MR) is 114 cm³/mol. The molecule has 7 heteroatoms. The van der Waals surface area contributed by atoms with Crippen molar-refractivity contribution in [1.29, 1.82) is 0 Å². The van der Waals surface area contributed by atoms with Crippen LogP contribution in [0.1, 0.15) is 25.7 Å². The van der Waals surface area contributed by atoms with Crippen LogP contribution in [-0.2, 0) is 11.2 Å². The Hall–Kier alpha value is -3.35. The van der Waals surface area contributed by atoms with Crippen LogP contribution >= 0.6 is 0 Å². The van der Waals surface area contributed by atoms with E-state index < -0.39 is 0 Å². The SMILES string of the molecule is CCOc1ccc(-c2noc(CCC(=O)N3CCC(Nc4ccccc4)C3)n2)cc1. The van der Waals surface area contributed by atoms with Crippen molar-refractivity contribution in [2.24, 2.45) is 0 Å². The average Bonchev–Trinajstić information content (AvgIpc) is 3.44. The molecule has 1 aliphatic heterocycles. The Morgan fingerprint density at radius 1 is 1.20 bits per heavy atom. The van der Waals surface area contributed by atoms with Crippen LogP contribution in [0.4, 0.5) is 5.69 Å². The summed E-state index contributed by atoms with van der Waals surface area (Å²) >= 11 is 0. The van der Waals surface area contributed by atoms with Crippen LogP contribution in [0, 0.1) is 0 Å². The highest BCUT2D eigenvalue weighted by molar-refractivity contribution is 5.76. The number of nitrogens with one attached hydrogen (secondary N) is 1. The Bertz CT molecular complexity index is 956. The van der Waals surface area contributed by atoms with Crippen molar-refractivity contribution < 1.29 is 14.1 Å². The zero-order valence-electron chi connectivity index (χ0n) is 17.1.